The van der Waals surface area contributed by atoms with Crippen LogP contribution in [-0.2, 0) is 0 Å². The van der Waals surface area contributed by atoms with Gasteiger partial charge in [0.05, 0.1) is 0 Å². The highest BCUT2D eigenvalue weighted by Crippen LogP contribution is 2.39. The third-order valence-corrected chi connectivity index (χ3v) is 5.14. The number of aromatic nitrogens is 3. The first kappa shape index (κ1) is 13.1. The Kier molecular flexibility index (Phi) is 3.31. The van der Waals surface area contributed by atoms with Gasteiger partial charge in [-0.3, -0.25) is 0 Å². The molecule has 114 valence electrons. The molecule has 0 aromatic carbocycles. The van der Waals surface area contributed by atoms with Crippen molar-refractivity contribution in [1.29, 1.82) is 0 Å². The smallest absolute Gasteiger partial charge is 0.232 e. The summed E-state index contributed by atoms with van der Waals surface area (Å²) < 4.78 is 0. The number of nitrogens with zero attached hydrogens (tertiary/aromatic N) is 5. The first-order valence-corrected chi connectivity index (χ1v) is 8.29. The van der Waals surface area contributed by atoms with Crippen LogP contribution in [0.5, 0.6) is 0 Å². The van der Waals surface area contributed by atoms with Gasteiger partial charge in [-0.2, -0.15) is 15.0 Å². The normalized spacial score (nSPS) is 28.2. The van der Waals surface area contributed by atoms with E-state index in [4.69, 9.17) is 4.98 Å². The van der Waals surface area contributed by atoms with Crippen molar-refractivity contribution in [2.45, 2.75) is 44.6 Å². The molecule has 4 rings (SSSR count). The first-order chi connectivity index (χ1) is 10.3. The van der Waals surface area contributed by atoms with Gasteiger partial charge in [0, 0.05) is 32.7 Å². The Labute approximate surface area is 126 Å². The van der Waals surface area contributed by atoms with Crippen molar-refractivity contribution in [2.24, 2.45) is 5.92 Å². The van der Waals surface area contributed by atoms with Crippen LogP contribution in [0.1, 0.15) is 38.5 Å². The summed E-state index contributed by atoms with van der Waals surface area (Å²) in [4.78, 5) is 18.7. The van der Waals surface area contributed by atoms with Crippen molar-refractivity contribution in [2.75, 3.05) is 41.8 Å². The molecule has 1 aromatic heterocycles. The van der Waals surface area contributed by atoms with Crippen LogP contribution in [0.25, 0.3) is 0 Å². The fourth-order valence-electron chi connectivity index (χ4n) is 4.00. The zero-order chi connectivity index (χ0) is 14.2. The molecule has 6 nitrogen and oxygen atoms in total. The van der Waals surface area contributed by atoms with Crippen LogP contribution in [0.15, 0.2) is 0 Å². The van der Waals surface area contributed by atoms with Gasteiger partial charge in [-0.1, -0.05) is 0 Å². The van der Waals surface area contributed by atoms with Crippen LogP contribution in [0, 0.1) is 5.92 Å². The van der Waals surface area contributed by atoms with Crippen LogP contribution < -0.4 is 15.1 Å². The lowest BCUT2D eigenvalue weighted by molar-refractivity contribution is 0.542. The van der Waals surface area contributed by atoms with Gasteiger partial charge in [0.25, 0.3) is 0 Å². The van der Waals surface area contributed by atoms with Gasteiger partial charge in [-0.25, -0.2) is 0 Å². The van der Waals surface area contributed by atoms with Gasteiger partial charge in [-0.15, -0.1) is 0 Å². The molecule has 2 bridgehead atoms. The van der Waals surface area contributed by atoms with E-state index in [0.29, 0.717) is 12.0 Å². The Hall–Kier alpha value is -1.59. The van der Waals surface area contributed by atoms with E-state index >= 15 is 0 Å². The minimum Gasteiger partial charge on any atom is -0.357 e. The van der Waals surface area contributed by atoms with Gasteiger partial charge < -0.3 is 15.1 Å². The van der Waals surface area contributed by atoms with E-state index in [-0.39, 0.29) is 0 Å². The van der Waals surface area contributed by atoms with Crippen molar-refractivity contribution >= 4 is 17.8 Å². The maximum atomic E-state index is 4.80. The van der Waals surface area contributed by atoms with E-state index in [1.165, 1.54) is 38.5 Å². The minimum atomic E-state index is 0.649. The Morgan fingerprint density at radius 2 is 1.81 bits per heavy atom. The summed E-state index contributed by atoms with van der Waals surface area (Å²) in [6.45, 7) is 3.26. The summed E-state index contributed by atoms with van der Waals surface area (Å²) in [6.07, 6.45) is 7.80. The monoisotopic (exact) mass is 288 g/mol. The standard InChI is InChI=1S/C15H24N6/c1-16-13-17-14(20-7-3-2-4-8-20)19-15(18-13)21-10-11-5-6-12(21)9-11/h11-12H,2-10H2,1H3,(H,16,17,18,19). The summed E-state index contributed by atoms with van der Waals surface area (Å²) in [5.74, 6) is 3.28. The Bertz CT molecular complexity index is 513. The number of hydrogen-bond donors (Lipinski definition) is 1. The van der Waals surface area contributed by atoms with Gasteiger partial charge in [0.15, 0.2) is 0 Å². The molecule has 0 spiro atoms. The van der Waals surface area contributed by atoms with Crippen LogP contribution in [0.3, 0.4) is 0 Å². The predicted molar refractivity (Wildman–Crippen MR) is 83.9 cm³/mol. The number of rotatable bonds is 3. The zero-order valence-electron chi connectivity index (χ0n) is 12.8. The molecule has 6 heteroatoms. The molecule has 2 saturated heterocycles. The second-order valence-electron chi connectivity index (χ2n) is 6.54. The van der Waals surface area contributed by atoms with E-state index in [1.807, 2.05) is 7.05 Å². The van der Waals surface area contributed by atoms with Crippen molar-refractivity contribution in [3.8, 4) is 0 Å². The molecule has 3 aliphatic rings. The van der Waals surface area contributed by atoms with Crippen molar-refractivity contribution in [3.63, 3.8) is 0 Å². The second-order valence-corrected chi connectivity index (χ2v) is 6.54. The molecule has 1 saturated carbocycles. The van der Waals surface area contributed by atoms with Gasteiger partial charge in [-0.05, 0) is 44.4 Å². The van der Waals surface area contributed by atoms with E-state index in [9.17, 15) is 0 Å². The Morgan fingerprint density at radius 3 is 2.48 bits per heavy atom. The van der Waals surface area contributed by atoms with E-state index in [1.54, 1.807) is 0 Å². The molecule has 2 aliphatic heterocycles. The minimum absolute atomic E-state index is 0.649. The fraction of sp³-hybridized carbons (Fsp3) is 0.800. The average Bonchev–Trinajstić information content (AvgIpc) is 3.18. The van der Waals surface area contributed by atoms with Gasteiger partial charge in [0.1, 0.15) is 0 Å². The number of nitrogens with one attached hydrogen (secondary N) is 1. The van der Waals surface area contributed by atoms with Gasteiger partial charge >= 0.3 is 0 Å². The first-order valence-electron chi connectivity index (χ1n) is 8.29. The number of fused-ring (bicyclic) bond motifs is 2. The summed E-state index contributed by atoms with van der Waals surface area (Å²) >= 11 is 0. The molecule has 1 aromatic rings. The van der Waals surface area contributed by atoms with E-state index in [2.05, 4.69) is 25.1 Å². The predicted octanol–water partition coefficient (Wildman–Crippen LogP) is 1.89. The molecule has 3 fully saturated rings. The van der Waals surface area contributed by atoms with Gasteiger partial charge in [0.2, 0.25) is 17.8 Å². The van der Waals surface area contributed by atoms with Crippen LogP contribution >= 0.6 is 0 Å². The third kappa shape index (κ3) is 2.40. The summed E-state index contributed by atoms with van der Waals surface area (Å²) in [5.41, 5.74) is 0. The molecule has 0 radical (unpaired) electrons. The third-order valence-electron chi connectivity index (χ3n) is 5.14. The topological polar surface area (TPSA) is 57.2 Å². The van der Waals surface area contributed by atoms with E-state index in [0.717, 1.165) is 37.4 Å². The lowest BCUT2D eigenvalue weighted by Gasteiger charge is -2.30. The molecule has 3 heterocycles. The highest BCUT2D eigenvalue weighted by Gasteiger charge is 2.39. The molecule has 2 atom stereocenters. The summed E-state index contributed by atoms with van der Waals surface area (Å²) in [5, 5.41) is 3.10. The lowest BCUT2D eigenvalue weighted by Crippen LogP contribution is -2.35. The molecule has 0 amide bonds. The number of hydrogen-bond acceptors (Lipinski definition) is 6. The second kappa shape index (κ2) is 5.31. The Balaban J connectivity index is 1.63. The summed E-state index contributed by atoms with van der Waals surface area (Å²) in [7, 11) is 1.88. The zero-order valence-corrected chi connectivity index (χ0v) is 12.8. The van der Waals surface area contributed by atoms with Crippen LogP contribution in [0.2, 0.25) is 0 Å². The Morgan fingerprint density at radius 1 is 1.00 bits per heavy atom. The maximum Gasteiger partial charge on any atom is 0.232 e. The van der Waals surface area contributed by atoms with E-state index < -0.39 is 0 Å². The van der Waals surface area contributed by atoms with Crippen molar-refractivity contribution in [1.82, 2.24) is 15.0 Å². The highest BCUT2D eigenvalue weighted by molar-refractivity contribution is 5.47. The van der Waals surface area contributed by atoms with Crippen molar-refractivity contribution in [3.05, 3.63) is 0 Å². The van der Waals surface area contributed by atoms with Crippen LogP contribution in [0.4, 0.5) is 17.8 Å². The highest BCUT2D eigenvalue weighted by atomic mass is 15.4. The fourth-order valence-corrected chi connectivity index (χ4v) is 4.00. The number of piperidine rings is 2. The lowest BCUT2D eigenvalue weighted by atomic mass is 10.1. The number of anilines is 3. The SMILES string of the molecule is CNc1nc(N2CCCCC2)nc(N2CC3CCC2C3)n1. The molecule has 1 N–H and O–H groups in total. The molecular weight excluding hydrogens is 264 g/mol. The van der Waals surface area contributed by atoms with Crippen LogP contribution in [-0.4, -0.2) is 47.7 Å². The van der Waals surface area contributed by atoms with Crippen molar-refractivity contribution < 1.29 is 0 Å². The molecule has 21 heavy (non-hydrogen) atoms. The largest absolute Gasteiger partial charge is 0.357 e. The molecule has 1 aliphatic carbocycles. The maximum absolute atomic E-state index is 4.80. The molecular formula is C15H24N6. The average molecular weight is 288 g/mol. The quantitative estimate of drug-likeness (QED) is 0.916. The summed E-state index contributed by atoms with van der Waals surface area (Å²) in [6, 6.07) is 0.649. The molecule has 2 unspecified atom stereocenters.